The molecule has 2 aromatic rings. The summed E-state index contributed by atoms with van der Waals surface area (Å²) < 4.78 is 0. The second-order valence-corrected chi connectivity index (χ2v) is 8.10. The van der Waals surface area contributed by atoms with Gasteiger partial charge in [-0.2, -0.15) is 0 Å². The summed E-state index contributed by atoms with van der Waals surface area (Å²) in [7, 11) is 0. The molecule has 166 valence electrons. The number of benzene rings is 2. The fraction of sp³-hybridized carbons (Fsp3) is 0.292. The standard InChI is InChI=1S/C24H26N4O4/c1-16-7-9-18(10-8-16)19-14-21-23(30)27(11-12-28(21)26-19)15-22(29)25-20(24(31)32)13-17-5-3-2-4-6-17/h2-10,14,19-20,26H,11-13,15H2,1H3,(H,25,29)(H,31,32). The van der Waals surface area contributed by atoms with Gasteiger partial charge < -0.3 is 20.3 Å². The van der Waals surface area contributed by atoms with E-state index in [4.69, 9.17) is 0 Å². The SMILES string of the molecule is Cc1ccc(C2C=C3C(=O)N(CC(=O)NC(Cc4ccccc4)C(=O)O)CCN3N2)cc1. The van der Waals surface area contributed by atoms with Crippen LogP contribution >= 0.6 is 0 Å². The minimum absolute atomic E-state index is 0.106. The third-order valence-electron chi connectivity index (χ3n) is 5.70. The molecule has 2 unspecified atom stereocenters. The van der Waals surface area contributed by atoms with Crippen molar-refractivity contribution in [1.29, 1.82) is 0 Å². The number of amides is 2. The maximum absolute atomic E-state index is 13.0. The molecule has 0 saturated carbocycles. The van der Waals surface area contributed by atoms with E-state index in [9.17, 15) is 19.5 Å². The number of hydrogen-bond donors (Lipinski definition) is 3. The minimum atomic E-state index is -1.11. The molecule has 2 aliphatic heterocycles. The lowest BCUT2D eigenvalue weighted by Crippen LogP contribution is -2.54. The number of hydrazine groups is 1. The maximum atomic E-state index is 13.0. The van der Waals surface area contributed by atoms with Gasteiger partial charge in [0.25, 0.3) is 5.91 Å². The Morgan fingerprint density at radius 1 is 1.12 bits per heavy atom. The van der Waals surface area contributed by atoms with E-state index in [1.807, 2.05) is 72.6 Å². The first-order valence-corrected chi connectivity index (χ1v) is 10.6. The van der Waals surface area contributed by atoms with Gasteiger partial charge in [0.1, 0.15) is 11.7 Å². The number of nitrogens with zero attached hydrogens (tertiary/aromatic N) is 2. The van der Waals surface area contributed by atoms with Crippen LogP contribution in [-0.4, -0.2) is 58.5 Å². The summed E-state index contributed by atoms with van der Waals surface area (Å²) in [5, 5.41) is 13.9. The van der Waals surface area contributed by atoms with E-state index < -0.39 is 17.9 Å². The Hall–Kier alpha value is -3.65. The summed E-state index contributed by atoms with van der Waals surface area (Å²) in [4.78, 5) is 38.6. The van der Waals surface area contributed by atoms with Crippen LogP contribution in [0.15, 0.2) is 66.4 Å². The maximum Gasteiger partial charge on any atom is 0.326 e. The molecule has 0 aliphatic carbocycles. The second-order valence-electron chi connectivity index (χ2n) is 8.10. The molecule has 1 fully saturated rings. The largest absolute Gasteiger partial charge is 0.480 e. The minimum Gasteiger partial charge on any atom is -0.480 e. The number of carbonyl (C=O) groups excluding carboxylic acids is 2. The topological polar surface area (TPSA) is 102 Å². The third kappa shape index (κ3) is 4.81. The molecule has 32 heavy (non-hydrogen) atoms. The fourth-order valence-corrected chi connectivity index (χ4v) is 3.94. The number of aryl methyl sites for hydroxylation is 1. The van der Waals surface area contributed by atoms with Crippen LogP contribution in [0.1, 0.15) is 22.7 Å². The van der Waals surface area contributed by atoms with E-state index in [0.717, 1.165) is 16.7 Å². The van der Waals surface area contributed by atoms with E-state index >= 15 is 0 Å². The number of carbonyl (C=O) groups is 3. The van der Waals surface area contributed by atoms with E-state index in [1.165, 1.54) is 4.90 Å². The number of hydrogen-bond acceptors (Lipinski definition) is 5. The predicted molar refractivity (Wildman–Crippen MR) is 118 cm³/mol. The zero-order valence-corrected chi connectivity index (χ0v) is 17.8. The van der Waals surface area contributed by atoms with Crippen LogP contribution in [0.3, 0.4) is 0 Å². The van der Waals surface area contributed by atoms with Gasteiger partial charge in [-0.25, -0.2) is 10.2 Å². The molecule has 2 atom stereocenters. The normalized spacial score (nSPS) is 18.7. The Morgan fingerprint density at radius 3 is 2.53 bits per heavy atom. The number of nitrogens with one attached hydrogen (secondary N) is 2. The number of piperazine rings is 1. The zero-order valence-electron chi connectivity index (χ0n) is 17.8. The molecule has 2 aromatic carbocycles. The fourth-order valence-electron chi connectivity index (χ4n) is 3.94. The van der Waals surface area contributed by atoms with Crippen molar-refractivity contribution in [3.05, 3.63) is 83.1 Å². The van der Waals surface area contributed by atoms with Gasteiger partial charge in [0.2, 0.25) is 5.91 Å². The lowest BCUT2D eigenvalue weighted by Gasteiger charge is -2.34. The molecule has 0 spiro atoms. The summed E-state index contributed by atoms with van der Waals surface area (Å²) in [6.45, 7) is 2.75. The van der Waals surface area contributed by atoms with Crippen molar-refractivity contribution in [2.75, 3.05) is 19.6 Å². The number of rotatable bonds is 7. The van der Waals surface area contributed by atoms with E-state index in [0.29, 0.717) is 18.8 Å². The number of fused-ring (bicyclic) bond motifs is 1. The Morgan fingerprint density at radius 2 is 1.84 bits per heavy atom. The van der Waals surface area contributed by atoms with Crippen molar-refractivity contribution < 1.29 is 19.5 Å². The van der Waals surface area contributed by atoms with Crippen LogP contribution in [0.4, 0.5) is 0 Å². The Labute approximate surface area is 186 Å². The second kappa shape index (κ2) is 9.23. The molecule has 8 nitrogen and oxygen atoms in total. The number of carboxylic acid groups (broad SMARTS) is 1. The van der Waals surface area contributed by atoms with Crippen LogP contribution in [0.2, 0.25) is 0 Å². The molecular formula is C24H26N4O4. The van der Waals surface area contributed by atoms with Crippen molar-refractivity contribution in [2.45, 2.75) is 25.4 Å². The van der Waals surface area contributed by atoms with Gasteiger partial charge >= 0.3 is 5.97 Å². The zero-order chi connectivity index (χ0) is 22.7. The molecule has 2 aliphatic rings. The summed E-state index contributed by atoms with van der Waals surface area (Å²) in [6.07, 6.45) is 2.05. The van der Waals surface area contributed by atoms with Crippen LogP contribution in [0, 0.1) is 6.92 Å². The molecule has 3 N–H and O–H groups in total. The summed E-state index contributed by atoms with van der Waals surface area (Å²) in [5.41, 5.74) is 6.86. The Bertz CT molecular complexity index is 1040. The average Bonchev–Trinajstić information content (AvgIpc) is 3.21. The molecule has 0 bridgehead atoms. The predicted octanol–water partition coefficient (Wildman–Crippen LogP) is 1.39. The van der Waals surface area contributed by atoms with Gasteiger partial charge in [-0.15, -0.1) is 0 Å². The van der Waals surface area contributed by atoms with Crippen LogP contribution in [0.5, 0.6) is 0 Å². The molecule has 4 rings (SSSR count). The average molecular weight is 434 g/mol. The highest BCUT2D eigenvalue weighted by Gasteiger charge is 2.36. The highest BCUT2D eigenvalue weighted by atomic mass is 16.4. The van der Waals surface area contributed by atoms with Crippen LogP contribution in [0.25, 0.3) is 0 Å². The van der Waals surface area contributed by atoms with Gasteiger partial charge in [0.05, 0.1) is 19.1 Å². The molecular weight excluding hydrogens is 408 g/mol. The first kappa shape index (κ1) is 21.6. The van der Waals surface area contributed by atoms with Crippen molar-refractivity contribution in [1.82, 2.24) is 20.7 Å². The van der Waals surface area contributed by atoms with Gasteiger partial charge in [0.15, 0.2) is 0 Å². The molecule has 8 heteroatoms. The highest BCUT2D eigenvalue weighted by Crippen LogP contribution is 2.27. The van der Waals surface area contributed by atoms with Crippen LogP contribution < -0.4 is 10.7 Å². The third-order valence-corrected chi connectivity index (χ3v) is 5.70. The van der Waals surface area contributed by atoms with Gasteiger partial charge in [-0.1, -0.05) is 60.2 Å². The quantitative estimate of drug-likeness (QED) is 0.609. The molecule has 2 heterocycles. The van der Waals surface area contributed by atoms with Crippen LogP contribution in [-0.2, 0) is 20.8 Å². The van der Waals surface area contributed by atoms with Gasteiger partial charge in [-0.3, -0.25) is 9.59 Å². The first-order valence-electron chi connectivity index (χ1n) is 10.6. The van der Waals surface area contributed by atoms with Crippen molar-refractivity contribution in [3.63, 3.8) is 0 Å². The number of aliphatic carboxylic acids is 1. The van der Waals surface area contributed by atoms with Gasteiger partial charge in [-0.05, 0) is 24.1 Å². The number of carboxylic acids is 1. The van der Waals surface area contributed by atoms with Gasteiger partial charge in [0, 0.05) is 13.0 Å². The molecule has 1 saturated heterocycles. The van der Waals surface area contributed by atoms with E-state index in [2.05, 4.69) is 10.7 Å². The lowest BCUT2D eigenvalue weighted by molar-refractivity contribution is -0.142. The molecule has 0 radical (unpaired) electrons. The van der Waals surface area contributed by atoms with E-state index in [1.54, 1.807) is 0 Å². The molecule has 2 amide bonds. The van der Waals surface area contributed by atoms with Crippen molar-refractivity contribution in [3.8, 4) is 0 Å². The monoisotopic (exact) mass is 434 g/mol. The summed E-state index contributed by atoms with van der Waals surface area (Å²) in [6, 6.07) is 16.1. The van der Waals surface area contributed by atoms with Crippen molar-refractivity contribution in [2.24, 2.45) is 0 Å². The molecule has 0 aromatic heterocycles. The van der Waals surface area contributed by atoms with Crippen molar-refractivity contribution >= 4 is 17.8 Å². The summed E-state index contributed by atoms with van der Waals surface area (Å²) >= 11 is 0. The Kier molecular flexibility index (Phi) is 6.23. The first-order chi connectivity index (χ1) is 15.4. The summed E-state index contributed by atoms with van der Waals surface area (Å²) in [5.74, 6) is -1.85. The lowest BCUT2D eigenvalue weighted by atomic mass is 10.1. The smallest absolute Gasteiger partial charge is 0.326 e. The highest BCUT2D eigenvalue weighted by molar-refractivity contribution is 5.97. The van der Waals surface area contributed by atoms with E-state index in [-0.39, 0.29) is 24.9 Å². The Balaban J connectivity index is 1.38.